The zero-order chi connectivity index (χ0) is 9.97. The van der Waals surface area contributed by atoms with Crippen LogP contribution in [0.4, 0.5) is 5.69 Å². The van der Waals surface area contributed by atoms with E-state index in [1.807, 2.05) is 31.2 Å². The highest BCUT2D eigenvalue weighted by molar-refractivity contribution is 5.80. The Balaban J connectivity index is 2.21. The third kappa shape index (κ3) is 1.70. The van der Waals surface area contributed by atoms with Crippen molar-refractivity contribution in [2.45, 2.75) is 6.92 Å². The van der Waals surface area contributed by atoms with Crippen LogP contribution in [0, 0.1) is 6.92 Å². The molecule has 74 valence electrons. The first-order valence-electron chi connectivity index (χ1n) is 4.45. The molecule has 0 bridgehead atoms. The van der Waals surface area contributed by atoms with Crippen molar-refractivity contribution in [2.24, 2.45) is 5.10 Å². The van der Waals surface area contributed by atoms with E-state index in [0.29, 0.717) is 12.6 Å². The number of aliphatic hydroxyl groups excluding tert-OH is 1. The van der Waals surface area contributed by atoms with Crippen LogP contribution in [0.25, 0.3) is 0 Å². The van der Waals surface area contributed by atoms with Crippen LogP contribution in [-0.4, -0.2) is 24.3 Å². The lowest BCUT2D eigenvalue weighted by molar-refractivity contribution is 0.278. The van der Waals surface area contributed by atoms with E-state index in [0.717, 1.165) is 5.69 Å². The van der Waals surface area contributed by atoms with Crippen LogP contribution in [0.15, 0.2) is 29.4 Å². The highest BCUT2D eigenvalue weighted by Gasteiger charge is 2.15. The quantitative estimate of drug-likeness (QED) is 0.763. The van der Waals surface area contributed by atoms with Crippen LogP contribution in [0.3, 0.4) is 0 Å². The normalized spacial score (nSPS) is 15.3. The van der Waals surface area contributed by atoms with Crippen LogP contribution in [-0.2, 0) is 4.74 Å². The first-order valence-corrected chi connectivity index (χ1v) is 4.45. The molecule has 14 heavy (non-hydrogen) atoms. The molecular formula is C10H12N2O2. The highest BCUT2D eigenvalue weighted by atomic mass is 16.5. The van der Waals surface area contributed by atoms with E-state index in [1.54, 1.807) is 5.01 Å². The minimum absolute atomic E-state index is 0.150. The summed E-state index contributed by atoms with van der Waals surface area (Å²) in [4.78, 5) is 0. The molecule has 0 atom stereocenters. The predicted molar refractivity (Wildman–Crippen MR) is 54.1 cm³/mol. The number of benzene rings is 1. The number of anilines is 1. The summed E-state index contributed by atoms with van der Waals surface area (Å²) in [6.07, 6.45) is 0. The zero-order valence-corrected chi connectivity index (χ0v) is 7.97. The number of nitrogens with zero attached hydrogens (tertiary/aromatic N) is 2. The van der Waals surface area contributed by atoms with Crippen molar-refractivity contribution < 1.29 is 9.84 Å². The first kappa shape index (κ1) is 9.02. The zero-order valence-electron chi connectivity index (χ0n) is 7.97. The SMILES string of the molecule is Cc1cccc(N2COC(CO)=N2)c1. The van der Waals surface area contributed by atoms with Gasteiger partial charge >= 0.3 is 0 Å². The molecule has 1 aromatic rings. The van der Waals surface area contributed by atoms with Crippen LogP contribution in [0.1, 0.15) is 5.56 Å². The predicted octanol–water partition coefficient (Wildman–Crippen LogP) is 1.09. The Morgan fingerprint density at radius 2 is 2.43 bits per heavy atom. The second-order valence-electron chi connectivity index (χ2n) is 3.16. The van der Waals surface area contributed by atoms with Gasteiger partial charge in [-0.25, -0.2) is 5.01 Å². The van der Waals surface area contributed by atoms with Crippen LogP contribution < -0.4 is 5.01 Å². The minimum Gasteiger partial charge on any atom is -0.455 e. The lowest BCUT2D eigenvalue weighted by Gasteiger charge is -2.11. The second-order valence-corrected chi connectivity index (χ2v) is 3.16. The molecule has 0 aliphatic carbocycles. The average Bonchev–Trinajstić information content (AvgIpc) is 2.66. The molecular weight excluding hydrogens is 180 g/mol. The third-order valence-electron chi connectivity index (χ3n) is 2.02. The Morgan fingerprint density at radius 1 is 1.57 bits per heavy atom. The van der Waals surface area contributed by atoms with Gasteiger partial charge < -0.3 is 9.84 Å². The lowest BCUT2D eigenvalue weighted by Crippen LogP contribution is -2.12. The molecule has 2 rings (SSSR count). The number of ether oxygens (including phenoxy) is 1. The van der Waals surface area contributed by atoms with Crippen molar-refractivity contribution in [2.75, 3.05) is 18.3 Å². The van der Waals surface area contributed by atoms with Crippen LogP contribution in [0.5, 0.6) is 0 Å². The molecule has 1 aliphatic rings. The fourth-order valence-electron chi connectivity index (χ4n) is 1.33. The van der Waals surface area contributed by atoms with E-state index in [9.17, 15) is 0 Å². The topological polar surface area (TPSA) is 45.1 Å². The van der Waals surface area contributed by atoms with Crippen molar-refractivity contribution >= 4 is 11.6 Å². The Labute approximate surface area is 82.4 Å². The monoisotopic (exact) mass is 192 g/mol. The van der Waals surface area contributed by atoms with E-state index in [1.165, 1.54) is 5.56 Å². The maximum atomic E-state index is 8.80. The Morgan fingerprint density at radius 3 is 3.07 bits per heavy atom. The van der Waals surface area contributed by atoms with Crippen LogP contribution in [0.2, 0.25) is 0 Å². The van der Waals surface area contributed by atoms with Gasteiger partial charge in [-0.1, -0.05) is 12.1 Å². The second kappa shape index (κ2) is 3.67. The van der Waals surface area contributed by atoms with Gasteiger partial charge in [-0.15, -0.1) is 5.10 Å². The van der Waals surface area contributed by atoms with Gasteiger partial charge in [-0.3, -0.25) is 0 Å². The molecule has 0 amide bonds. The van der Waals surface area contributed by atoms with E-state index in [-0.39, 0.29) is 6.61 Å². The number of aryl methyl sites for hydroxylation is 1. The fraction of sp³-hybridized carbons (Fsp3) is 0.300. The number of hydrazone groups is 1. The van der Waals surface area contributed by atoms with Crippen molar-refractivity contribution in [3.63, 3.8) is 0 Å². The Hall–Kier alpha value is -1.55. The highest BCUT2D eigenvalue weighted by Crippen LogP contribution is 2.18. The summed E-state index contributed by atoms with van der Waals surface area (Å²) in [6, 6.07) is 7.97. The van der Waals surface area contributed by atoms with Gasteiger partial charge in [0.15, 0.2) is 6.73 Å². The van der Waals surface area contributed by atoms with Gasteiger partial charge in [0.25, 0.3) is 0 Å². The molecule has 0 aromatic heterocycles. The van der Waals surface area contributed by atoms with E-state index in [4.69, 9.17) is 9.84 Å². The van der Waals surface area contributed by atoms with Gasteiger partial charge in [-0.2, -0.15) is 0 Å². The summed E-state index contributed by atoms with van der Waals surface area (Å²) in [5.74, 6) is 0.367. The minimum atomic E-state index is -0.150. The molecule has 0 saturated heterocycles. The molecule has 1 aromatic carbocycles. The molecule has 4 heteroatoms. The molecule has 1 aliphatic heterocycles. The molecule has 1 heterocycles. The van der Waals surface area contributed by atoms with Gasteiger partial charge in [0.1, 0.15) is 6.61 Å². The van der Waals surface area contributed by atoms with E-state index >= 15 is 0 Å². The molecule has 0 spiro atoms. The van der Waals surface area contributed by atoms with Crippen molar-refractivity contribution in [3.8, 4) is 0 Å². The lowest BCUT2D eigenvalue weighted by atomic mass is 10.2. The number of rotatable bonds is 2. The standard InChI is InChI=1S/C10H12N2O2/c1-8-3-2-4-9(5-8)12-7-14-10(6-13)11-12/h2-5,13H,6-7H2,1H3. The van der Waals surface area contributed by atoms with Crippen molar-refractivity contribution in [1.29, 1.82) is 0 Å². The maximum Gasteiger partial charge on any atom is 0.234 e. The maximum absolute atomic E-state index is 8.80. The average molecular weight is 192 g/mol. The number of hydrogen-bond acceptors (Lipinski definition) is 4. The smallest absolute Gasteiger partial charge is 0.234 e. The van der Waals surface area contributed by atoms with Crippen molar-refractivity contribution in [3.05, 3.63) is 29.8 Å². The molecule has 0 saturated carbocycles. The van der Waals surface area contributed by atoms with Gasteiger partial charge in [0, 0.05) is 0 Å². The molecule has 0 radical (unpaired) electrons. The largest absolute Gasteiger partial charge is 0.455 e. The van der Waals surface area contributed by atoms with Gasteiger partial charge in [0.05, 0.1) is 5.69 Å². The summed E-state index contributed by atoms with van der Waals surface area (Å²) < 4.78 is 5.13. The molecule has 0 unspecified atom stereocenters. The fourth-order valence-corrected chi connectivity index (χ4v) is 1.33. The van der Waals surface area contributed by atoms with Crippen LogP contribution >= 0.6 is 0 Å². The Kier molecular flexibility index (Phi) is 2.37. The van der Waals surface area contributed by atoms with Gasteiger partial charge in [0.2, 0.25) is 5.90 Å². The van der Waals surface area contributed by atoms with Crippen molar-refractivity contribution in [1.82, 2.24) is 0 Å². The number of aliphatic hydroxyl groups is 1. The first-order chi connectivity index (χ1) is 6.79. The number of hydrogen-bond donors (Lipinski definition) is 1. The van der Waals surface area contributed by atoms with E-state index in [2.05, 4.69) is 5.10 Å². The Bertz CT molecular complexity index is 363. The summed E-state index contributed by atoms with van der Waals surface area (Å²) in [5, 5.41) is 14.6. The van der Waals surface area contributed by atoms with Gasteiger partial charge in [-0.05, 0) is 24.6 Å². The summed E-state index contributed by atoms with van der Waals surface area (Å²) >= 11 is 0. The molecule has 0 fully saturated rings. The summed E-state index contributed by atoms with van der Waals surface area (Å²) in [6.45, 7) is 2.25. The summed E-state index contributed by atoms with van der Waals surface area (Å²) in [5.41, 5.74) is 2.16. The molecule has 4 nitrogen and oxygen atoms in total. The molecule has 1 N–H and O–H groups in total. The van der Waals surface area contributed by atoms with E-state index < -0.39 is 0 Å². The third-order valence-corrected chi connectivity index (χ3v) is 2.02. The summed E-state index contributed by atoms with van der Waals surface area (Å²) in [7, 11) is 0.